The summed E-state index contributed by atoms with van der Waals surface area (Å²) in [4.78, 5) is 29.0. The highest BCUT2D eigenvalue weighted by Crippen LogP contribution is 2.35. The van der Waals surface area contributed by atoms with Crippen LogP contribution < -0.4 is 0 Å². The lowest BCUT2D eigenvalue weighted by Gasteiger charge is -2.44. The maximum atomic E-state index is 12.6. The number of fused-ring (bicyclic) bond motifs is 1. The van der Waals surface area contributed by atoms with E-state index >= 15 is 0 Å². The van der Waals surface area contributed by atoms with Crippen LogP contribution in [0.25, 0.3) is 0 Å². The number of nitrogens with zero attached hydrogens (tertiary/aromatic N) is 2. The second-order valence-electron chi connectivity index (χ2n) is 7.58. The van der Waals surface area contributed by atoms with Crippen molar-refractivity contribution >= 4 is 11.8 Å². The molecule has 4 heteroatoms. The van der Waals surface area contributed by atoms with Crippen LogP contribution in [0.2, 0.25) is 0 Å². The zero-order valence-corrected chi connectivity index (χ0v) is 13.9. The van der Waals surface area contributed by atoms with Gasteiger partial charge in [-0.05, 0) is 50.4 Å². The molecule has 2 heterocycles. The molecule has 4 nitrogen and oxygen atoms in total. The standard InChI is InChI=1S/C18H30N2O2/c1-14-8-11-19(12-9-14)17(21)13-18(22)20-10-4-6-15-5-2-3-7-16(15)20/h14-16H,2-13H2,1H3. The lowest BCUT2D eigenvalue weighted by Crippen LogP contribution is -2.51. The first kappa shape index (κ1) is 15.8. The Kier molecular flexibility index (Phi) is 5.04. The highest BCUT2D eigenvalue weighted by atomic mass is 16.2. The van der Waals surface area contributed by atoms with E-state index in [-0.39, 0.29) is 18.2 Å². The van der Waals surface area contributed by atoms with Crippen LogP contribution in [-0.2, 0) is 9.59 Å². The van der Waals surface area contributed by atoms with Crippen molar-refractivity contribution in [3.63, 3.8) is 0 Å². The van der Waals surface area contributed by atoms with Crippen molar-refractivity contribution in [2.45, 2.75) is 70.8 Å². The van der Waals surface area contributed by atoms with Crippen molar-refractivity contribution < 1.29 is 9.59 Å². The first-order valence-corrected chi connectivity index (χ1v) is 9.22. The van der Waals surface area contributed by atoms with Gasteiger partial charge in [-0.1, -0.05) is 19.8 Å². The van der Waals surface area contributed by atoms with Crippen LogP contribution >= 0.6 is 0 Å². The van der Waals surface area contributed by atoms with Crippen molar-refractivity contribution in [3.05, 3.63) is 0 Å². The molecule has 124 valence electrons. The number of hydrogen-bond donors (Lipinski definition) is 0. The van der Waals surface area contributed by atoms with Gasteiger partial charge in [0, 0.05) is 25.7 Å². The Labute approximate surface area is 134 Å². The normalized spacial score (nSPS) is 30.0. The Balaban J connectivity index is 1.55. The summed E-state index contributed by atoms with van der Waals surface area (Å²) < 4.78 is 0. The number of carbonyl (C=O) groups is 2. The maximum absolute atomic E-state index is 12.6. The summed E-state index contributed by atoms with van der Waals surface area (Å²) in [7, 11) is 0. The van der Waals surface area contributed by atoms with E-state index < -0.39 is 0 Å². The van der Waals surface area contributed by atoms with Crippen LogP contribution in [0.4, 0.5) is 0 Å². The maximum Gasteiger partial charge on any atom is 0.232 e. The first-order chi connectivity index (χ1) is 10.6. The highest BCUT2D eigenvalue weighted by Gasteiger charge is 2.36. The smallest absolute Gasteiger partial charge is 0.232 e. The van der Waals surface area contributed by atoms with Gasteiger partial charge >= 0.3 is 0 Å². The van der Waals surface area contributed by atoms with Crippen LogP contribution in [-0.4, -0.2) is 47.3 Å². The van der Waals surface area contributed by atoms with Crippen LogP contribution in [0.15, 0.2) is 0 Å². The topological polar surface area (TPSA) is 40.6 Å². The van der Waals surface area contributed by atoms with Gasteiger partial charge in [0.25, 0.3) is 0 Å². The van der Waals surface area contributed by atoms with Crippen molar-refractivity contribution in [2.75, 3.05) is 19.6 Å². The molecule has 1 saturated carbocycles. The van der Waals surface area contributed by atoms with E-state index in [0.29, 0.717) is 17.9 Å². The summed E-state index contributed by atoms with van der Waals surface area (Å²) in [5.41, 5.74) is 0. The molecule has 0 bridgehead atoms. The van der Waals surface area contributed by atoms with E-state index in [1.807, 2.05) is 4.90 Å². The van der Waals surface area contributed by atoms with E-state index in [1.165, 1.54) is 25.7 Å². The monoisotopic (exact) mass is 306 g/mol. The fourth-order valence-corrected chi connectivity index (χ4v) is 4.54. The molecule has 1 aliphatic carbocycles. The molecule has 0 N–H and O–H groups in total. The summed E-state index contributed by atoms with van der Waals surface area (Å²) in [6, 6.07) is 0.421. The second kappa shape index (κ2) is 7.01. The summed E-state index contributed by atoms with van der Waals surface area (Å²) >= 11 is 0. The zero-order chi connectivity index (χ0) is 15.5. The van der Waals surface area contributed by atoms with Crippen LogP contribution in [0.3, 0.4) is 0 Å². The number of rotatable bonds is 2. The van der Waals surface area contributed by atoms with E-state index in [9.17, 15) is 9.59 Å². The third-order valence-corrected chi connectivity index (χ3v) is 6.00. The van der Waals surface area contributed by atoms with Crippen LogP contribution in [0, 0.1) is 11.8 Å². The molecule has 2 atom stereocenters. The molecular weight excluding hydrogens is 276 g/mol. The molecule has 0 spiro atoms. The number of carbonyl (C=O) groups excluding carboxylic acids is 2. The number of amides is 2. The Morgan fingerprint density at radius 2 is 1.55 bits per heavy atom. The van der Waals surface area contributed by atoms with Gasteiger partial charge in [-0.25, -0.2) is 0 Å². The lowest BCUT2D eigenvalue weighted by molar-refractivity contribution is -0.145. The fourth-order valence-electron chi connectivity index (χ4n) is 4.54. The molecule has 3 aliphatic rings. The molecule has 2 amide bonds. The first-order valence-electron chi connectivity index (χ1n) is 9.22. The lowest BCUT2D eigenvalue weighted by atomic mass is 9.78. The summed E-state index contributed by atoms with van der Waals surface area (Å²) in [5, 5.41) is 0. The van der Waals surface area contributed by atoms with Gasteiger partial charge in [0.2, 0.25) is 11.8 Å². The van der Waals surface area contributed by atoms with Gasteiger partial charge in [-0.15, -0.1) is 0 Å². The van der Waals surface area contributed by atoms with E-state index in [1.54, 1.807) is 0 Å². The van der Waals surface area contributed by atoms with Gasteiger partial charge in [0.05, 0.1) is 0 Å². The largest absolute Gasteiger partial charge is 0.342 e. The molecule has 0 radical (unpaired) electrons. The van der Waals surface area contributed by atoms with Crippen molar-refractivity contribution in [2.24, 2.45) is 11.8 Å². The predicted molar refractivity (Wildman–Crippen MR) is 86.3 cm³/mol. The Bertz CT molecular complexity index is 413. The van der Waals surface area contributed by atoms with Gasteiger partial charge in [-0.2, -0.15) is 0 Å². The zero-order valence-electron chi connectivity index (χ0n) is 13.9. The minimum Gasteiger partial charge on any atom is -0.342 e. The molecular formula is C18H30N2O2. The molecule has 22 heavy (non-hydrogen) atoms. The highest BCUT2D eigenvalue weighted by molar-refractivity contribution is 5.97. The Hall–Kier alpha value is -1.06. The van der Waals surface area contributed by atoms with E-state index in [0.717, 1.165) is 45.3 Å². The molecule has 0 aromatic carbocycles. The summed E-state index contributed by atoms with van der Waals surface area (Å²) in [5.74, 6) is 1.54. The average molecular weight is 306 g/mol. The van der Waals surface area contributed by atoms with Crippen molar-refractivity contribution in [1.29, 1.82) is 0 Å². The van der Waals surface area contributed by atoms with Crippen LogP contribution in [0.5, 0.6) is 0 Å². The third-order valence-electron chi connectivity index (χ3n) is 6.00. The third kappa shape index (κ3) is 3.47. The van der Waals surface area contributed by atoms with Crippen molar-refractivity contribution in [3.8, 4) is 0 Å². The SMILES string of the molecule is CC1CCN(C(=O)CC(=O)N2CCCC3CCCCC32)CC1. The number of hydrogen-bond acceptors (Lipinski definition) is 2. The van der Waals surface area contributed by atoms with E-state index in [2.05, 4.69) is 11.8 Å². The fraction of sp³-hybridized carbons (Fsp3) is 0.889. The van der Waals surface area contributed by atoms with Gasteiger partial charge < -0.3 is 9.80 Å². The molecule has 2 aliphatic heterocycles. The minimum absolute atomic E-state index is 0.0508. The predicted octanol–water partition coefficient (Wildman–Crippen LogP) is 2.82. The number of piperidine rings is 2. The molecule has 2 unspecified atom stereocenters. The quantitative estimate of drug-likeness (QED) is 0.736. The Morgan fingerprint density at radius 3 is 2.32 bits per heavy atom. The Morgan fingerprint density at radius 1 is 0.864 bits per heavy atom. The van der Waals surface area contributed by atoms with Crippen molar-refractivity contribution in [1.82, 2.24) is 9.80 Å². The molecule has 3 rings (SSSR count). The molecule has 2 saturated heterocycles. The summed E-state index contributed by atoms with van der Waals surface area (Å²) in [6.07, 6.45) is 9.60. The number of likely N-dealkylation sites (tertiary alicyclic amines) is 2. The molecule has 3 fully saturated rings. The average Bonchev–Trinajstić information content (AvgIpc) is 2.54. The minimum atomic E-state index is 0.0508. The second-order valence-corrected chi connectivity index (χ2v) is 7.58. The van der Waals surface area contributed by atoms with Gasteiger partial charge in [0.15, 0.2) is 0 Å². The van der Waals surface area contributed by atoms with Gasteiger partial charge in [0.1, 0.15) is 6.42 Å². The van der Waals surface area contributed by atoms with Gasteiger partial charge in [-0.3, -0.25) is 9.59 Å². The summed E-state index contributed by atoms with van der Waals surface area (Å²) in [6.45, 7) is 4.77. The van der Waals surface area contributed by atoms with E-state index in [4.69, 9.17) is 0 Å². The molecule has 0 aromatic heterocycles. The van der Waals surface area contributed by atoms with Crippen LogP contribution in [0.1, 0.15) is 64.7 Å². The molecule has 0 aromatic rings.